The molecule has 0 atom stereocenters. The van der Waals surface area contributed by atoms with E-state index < -0.39 is 0 Å². The van der Waals surface area contributed by atoms with Crippen molar-refractivity contribution < 1.29 is 0 Å². The molecule has 0 unspecified atom stereocenters. The number of nitrogens with one attached hydrogen (secondary N) is 4. The van der Waals surface area contributed by atoms with Crippen LogP contribution in [-0.4, -0.2) is 57.8 Å². The van der Waals surface area contributed by atoms with Crippen LogP contribution >= 0.6 is 23.2 Å². The number of aromatic amines is 2. The van der Waals surface area contributed by atoms with Gasteiger partial charge in [-0.05, 0) is 59.7 Å². The Morgan fingerprint density at radius 1 is 0.543 bits per heavy atom. The van der Waals surface area contributed by atoms with E-state index in [1.165, 1.54) is 0 Å². The molecule has 6 aromatic rings. The van der Waals surface area contributed by atoms with E-state index in [9.17, 15) is 0 Å². The summed E-state index contributed by atoms with van der Waals surface area (Å²) in [5.41, 5.74) is 8.02. The third-order valence-electron chi connectivity index (χ3n) is 9.60. The van der Waals surface area contributed by atoms with Crippen molar-refractivity contribution in [3.63, 3.8) is 0 Å². The molecule has 1 aliphatic carbocycles. The van der Waals surface area contributed by atoms with E-state index in [0.29, 0.717) is 0 Å². The summed E-state index contributed by atoms with van der Waals surface area (Å²) in [6.07, 6.45) is 0. The maximum absolute atomic E-state index is 6.98. The number of hydrogen-bond acceptors (Lipinski definition) is 6. The third kappa shape index (κ3) is 4.50. The lowest BCUT2D eigenvalue weighted by Gasteiger charge is -2.51. The van der Waals surface area contributed by atoms with Crippen molar-refractivity contribution in [2.45, 2.75) is 23.7 Å². The number of imidazole rings is 2. The monoisotopic (exact) mass is 644 g/mol. The number of halogens is 2. The molecule has 8 nitrogen and oxygen atoms in total. The molecular formula is C36H30Cl2N8. The number of hydrogen-bond donors (Lipinski definition) is 4. The Morgan fingerprint density at radius 2 is 1.00 bits per heavy atom. The average Bonchev–Trinajstić information content (AvgIpc) is 3.88. The molecule has 4 heterocycles. The quantitative estimate of drug-likeness (QED) is 0.158. The normalized spacial score (nSPS) is 22.4. The topological polar surface area (TPSA) is 106 Å². The van der Waals surface area contributed by atoms with E-state index in [1.54, 1.807) is 0 Å². The van der Waals surface area contributed by atoms with E-state index in [2.05, 4.69) is 91.3 Å². The van der Waals surface area contributed by atoms with Crippen LogP contribution in [0.5, 0.6) is 0 Å². The van der Waals surface area contributed by atoms with Crippen LogP contribution < -0.4 is 10.6 Å². The fraction of sp³-hybridized carbons (Fsp3) is 0.222. The van der Waals surface area contributed by atoms with Crippen molar-refractivity contribution in [3.05, 3.63) is 129 Å². The summed E-state index contributed by atoms with van der Waals surface area (Å²) >= 11 is 14.0. The molecule has 9 rings (SSSR count). The predicted molar refractivity (Wildman–Crippen MR) is 185 cm³/mol. The van der Waals surface area contributed by atoms with Crippen molar-refractivity contribution in [1.29, 1.82) is 0 Å². The summed E-state index contributed by atoms with van der Waals surface area (Å²) in [4.78, 5) is 27.0. The van der Waals surface area contributed by atoms with Gasteiger partial charge in [0.25, 0.3) is 0 Å². The average molecular weight is 646 g/mol. The first-order chi connectivity index (χ1) is 22.6. The van der Waals surface area contributed by atoms with Gasteiger partial charge in [-0.1, -0.05) is 59.6 Å². The molecule has 0 amide bonds. The Balaban J connectivity index is 1.20. The van der Waals surface area contributed by atoms with Gasteiger partial charge in [-0.25, -0.2) is 9.97 Å². The number of nitrogens with zero attached hydrogens (tertiary/aromatic N) is 4. The molecular weight excluding hydrogens is 615 g/mol. The number of aliphatic imine (C=N–C) groups is 2. The van der Waals surface area contributed by atoms with E-state index >= 15 is 0 Å². The smallest absolute Gasteiger partial charge is 0.128 e. The predicted octanol–water partition coefficient (Wildman–Crippen LogP) is 6.89. The van der Waals surface area contributed by atoms with E-state index in [1.807, 2.05) is 24.3 Å². The molecule has 3 aliphatic rings. The van der Waals surface area contributed by atoms with Crippen LogP contribution in [0.4, 0.5) is 0 Å². The van der Waals surface area contributed by atoms with Gasteiger partial charge in [0, 0.05) is 57.9 Å². The largest absolute Gasteiger partial charge is 0.368 e. The minimum Gasteiger partial charge on any atom is -0.368 e. The Labute approximate surface area is 275 Å². The van der Waals surface area contributed by atoms with Crippen LogP contribution in [0.1, 0.15) is 57.6 Å². The lowest BCUT2D eigenvalue weighted by molar-refractivity contribution is 0.213. The number of aromatic nitrogens is 4. The van der Waals surface area contributed by atoms with Crippen LogP contribution in [0.15, 0.2) is 94.9 Å². The molecule has 4 N–H and O–H groups in total. The third-order valence-corrected chi connectivity index (χ3v) is 10.3. The molecule has 0 radical (unpaired) electrons. The fourth-order valence-electron chi connectivity index (χ4n) is 7.54. The Hall–Kier alpha value is -4.66. The second kappa shape index (κ2) is 11.0. The lowest BCUT2D eigenvalue weighted by Crippen LogP contribution is -2.41. The molecule has 228 valence electrons. The van der Waals surface area contributed by atoms with Gasteiger partial charge in [-0.2, -0.15) is 0 Å². The number of amidine groups is 2. The molecule has 46 heavy (non-hydrogen) atoms. The number of H-pyrrole nitrogens is 2. The number of fused-ring (bicyclic) bond motifs is 2. The molecule has 2 aromatic heterocycles. The van der Waals surface area contributed by atoms with Gasteiger partial charge in [0.2, 0.25) is 0 Å². The zero-order valence-corrected chi connectivity index (χ0v) is 26.3. The van der Waals surface area contributed by atoms with Gasteiger partial charge in [-0.3, -0.25) is 9.98 Å². The van der Waals surface area contributed by atoms with Gasteiger partial charge in [0.05, 0.1) is 35.2 Å². The van der Waals surface area contributed by atoms with Crippen LogP contribution in [-0.2, 0) is 0 Å². The lowest BCUT2D eigenvalue weighted by atomic mass is 9.52. The van der Waals surface area contributed by atoms with Crippen molar-refractivity contribution in [3.8, 4) is 0 Å². The van der Waals surface area contributed by atoms with Crippen molar-refractivity contribution in [2.24, 2.45) is 9.98 Å². The molecule has 1 saturated carbocycles. The SMILES string of the molecule is Clc1ccccc1C1C(c2nc3ccc(C4=NCCN4)cc3[nH]2)C(c2ccccc2Cl)C1c1nc2ccc(C3=NCCN3)cc2[nH]1. The van der Waals surface area contributed by atoms with Crippen molar-refractivity contribution >= 4 is 56.9 Å². The molecule has 0 bridgehead atoms. The van der Waals surface area contributed by atoms with Gasteiger partial charge < -0.3 is 20.6 Å². The van der Waals surface area contributed by atoms with E-state index in [4.69, 9.17) is 33.2 Å². The summed E-state index contributed by atoms with van der Waals surface area (Å²) in [7, 11) is 0. The Morgan fingerprint density at radius 3 is 1.41 bits per heavy atom. The molecule has 0 spiro atoms. The first-order valence-corrected chi connectivity index (χ1v) is 16.4. The van der Waals surface area contributed by atoms with Gasteiger partial charge in [0.1, 0.15) is 23.3 Å². The molecule has 2 aliphatic heterocycles. The standard InChI is InChI=1S/C36H30Cl2N8/c37-23-7-3-1-5-21(23)29-31(35-43-25-11-9-19(17-27(25)45-35)33-39-13-14-40-33)30(22-6-2-4-8-24(22)38)32(29)36-44-26-12-10-20(18-28(26)46-36)34-41-15-16-42-34/h1-12,17-18,29-32H,13-16H2,(H,39,40)(H,41,42)(H,43,45)(H,44,46). The first-order valence-electron chi connectivity index (χ1n) is 15.7. The maximum Gasteiger partial charge on any atom is 0.128 e. The van der Waals surface area contributed by atoms with E-state index in [-0.39, 0.29) is 23.7 Å². The summed E-state index contributed by atoms with van der Waals surface area (Å²) in [6, 6.07) is 28.8. The van der Waals surface area contributed by atoms with Crippen molar-refractivity contribution in [2.75, 3.05) is 26.2 Å². The Bertz CT molecular complexity index is 2030. The molecule has 10 heteroatoms. The van der Waals surface area contributed by atoms with Gasteiger partial charge in [-0.15, -0.1) is 0 Å². The highest BCUT2D eigenvalue weighted by molar-refractivity contribution is 6.32. The van der Waals surface area contributed by atoms with Crippen LogP contribution in [0.3, 0.4) is 0 Å². The molecule has 1 fully saturated rings. The number of benzene rings is 4. The highest BCUT2D eigenvalue weighted by Crippen LogP contribution is 2.67. The second-order valence-electron chi connectivity index (χ2n) is 12.2. The first kappa shape index (κ1) is 27.6. The second-order valence-corrected chi connectivity index (χ2v) is 13.0. The number of rotatable bonds is 6. The summed E-state index contributed by atoms with van der Waals surface area (Å²) in [5, 5.41) is 8.22. The zero-order valence-electron chi connectivity index (χ0n) is 24.8. The van der Waals surface area contributed by atoms with E-state index in [0.717, 1.165) is 104 Å². The Kier molecular flexibility index (Phi) is 6.61. The van der Waals surface area contributed by atoms with Crippen LogP contribution in [0.25, 0.3) is 22.1 Å². The van der Waals surface area contributed by atoms with Crippen molar-refractivity contribution in [1.82, 2.24) is 30.6 Å². The van der Waals surface area contributed by atoms with Gasteiger partial charge >= 0.3 is 0 Å². The fourth-order valence-corrected chi connectivity index (χ4v) is 8.07. The molecule has 0 saturated heterocycles. The van der Waals surface area contributed by atoms with Crippen LogP contribution in [0.2, 0.25) is 10.0 Å². The maximum atomic E-state index is 6.98. The zero-order chi connectivity index (χ0) is 30.8. The highest BCUT2D eigenvalue weighted by Gasteiger charge is 2.56. The van der Waals surface area contributed by atoms with Gasteiger partial charge in [0.15, 0.2) is 0 Å². The van der Waals surface area contributed by atoms with Crippen LogP contribution in [0, 0.1) is 0 Å². The summed E-state index contributed by atoms with van der Waals surface area (Å²) < 4.78 is 0. The minimum absolute atomic E-state index is 0.0169. The highest BCUT2D eigenvalue weighted by atomic mass is 35.5. The molecule has 4 aromatic carbocycles. The minimum atomic E-state index is -0.0385. The summed E-state index contributed by atoms with van der Waals surface area (Å²) in [6.45, 7) is 3.30. The summed E-state index contributed by atoms with van der Waals surface area (Å²) in [5.74, 6) is 3.55.